The Balaban J connectivity index is 2.33. The molecular formula is C9H10N4O. The first kappa shape index (κ1) is 8.68. The number of aryl methyl sites for hydroxylation is 1. The van der Waals surface area contributed by atoms with E-state index in [1.54, 1.807) is 30.4 Å². The number of hydrogen-bond donors (Lipinski definition) is 0. The third-order valence-corrected chi connectivity index (χ3v) is 1.84. The molecule has 0 bridgehead atoms. The van der Waals surface area contributed by atoms with Crippen LogP contribution in [0.25, 0.3) is 11.3 Å². The average molecular weight is 190 g/mol. The first-order valence-electron chi connectivity index (χ1n) is 4.14. The molecule has 0 atom stereocenters. The third kappa shape index (κ3) is 1.56. The molecule has 14 heavy (non-hydrogen) atoms. The molecule has 0 spiro atoms. The lowest BCUT2D eigenvalue weighted by molar-refractivity contribution is 0.396. The van der Waals surface area contributed by atoms with Crippen molar-refractivity contribution in [3.05, 3.63) is 24.8 Å². The zero-order valence-corrected chi connectivity index (χ0v) is 8.01. The Bertz CT molecular complexity index is 421. The fraction of sp³-hybridized carbons (Fsp3) is 0.222. The molecule has 2 aromatic heterocycles. The molecule has 0 aliphatic rings. The molecule has 5 heteroatoms. The summed E-state index contributed by atoms with van der Waals surface area (Å²) in [7, 11) is 3.42. The summed E-state index contributed by atoms with van der Waals surface area (Å²) in [6.07, 6.45) is 6.88. The SMILES string of the molecule is COc1cnc(-c2cnn(C)c2)cn1. The van der Waals surface area contributed by atoms with E-state index < -0.39 is 0 Å². The van der Waals surface area contributed by atoms with Crippen LogP contribution >= 0.6 is 0 Å². The minimum atomic E-state index is 0.512. The summed E-state index contributed by atoms with van der Waals surface area (Å²) in [4.78, 5) is 8.25. The van der Waals surface area contributed by atoms with E-state index in [-0.39, 0.29) is 0 Å². The molecule has 2 rings (SSSR count). The van der Waals surface area contributed by atoms with E-state index in [1.807, 2.05) is 13.2 Å². The average Bonchev–Trinajstić information content (AvgIpc) is 2.65. The van der Waals surface area contributed by atoms with Gasteiger partial charge < -0.3 is 4.74 Å². The van der Waals surface area contributed by atoms with Crippen molar-refractivity contribution in [3.8, 4) is 17.1 Å². The van der Waals surface area contributed by atoms with Gasteiger partial charge in [0, 0.05) is 18.8 Å². The van der Waals surface area contributed by atoms with Crippen molar-refractivity contribution in [2.75, 3.05) is 7.11 Å². The predicted octanol–water partition coefficient (Wildman–Crippen LogP) is 0.886. The van der Waals surface area contributed by atoms with Gasteiger partial charge in [-0.25, -0.2) is 9.97 Å². The molecule has 0 saturated heterocycles. The maximum Gasteiger partial charge on any atom is 0.232 e. The van der Waals surface area contributed by atoms with Gasteiger partial charge in [0.2, 0.25) is 5.88 Å². The standard InChI is InChI=1S/C9H10N4O/c1-13-6-7(3-12-13)8-4-11-9(14-2)5-10-8/h3-6H,1-2H3. The molecule has 5 nitrogen and oxygen atoms in total. The van der Waals surface area contributed by atoms with E-state index in [2.05, 4.69) is 15.1 Å². The number of methoxy groups -OCH3 is 1. The molecule has 2 aromatic rings. The fourth-order valence-corrected chi connectivity index (χ4v) is 1.12. The number of nitrogens with zero attached hydrogens (tertiary/aromatic N) is 4. The molecular weight excluding hydrogens is 180 g/mol. The molecule has 0 amide bonds. The Labute approximate surface area is 81.4 Å². The summed E-state index contributed by atoms with van der Waals surface area (Å²) in [6.45, 7) is 0. The highest BCUT2D eigenvalue weighted by atomic mass is 16.5. The van der Waals surface area contributed by atoms with Gasteiger partial charge in [-0.15, -0.1) is 0 Å². The smallest absolute Gasteiger partial charge is 0.232 e. The monoisotopic (exact) mass is 190 g/mol. The normalized spacial score (nSPS) is 10.1. The van der Waals surface area contributed by atoms with Gasteiger partial charge in [-0.2, -0.15) is 5.10 Å². The number of hydrogen-bond acceptors (Lipinski definition) is 4. The summed E-state index contributed by atoms with van der Waals surface area (Å²) in [5, 5.41) is 4.05. The molecule has 0 saturated carbocycles. The van der Waals surface area contributed by atoms with Crippen molar-refractivity contribution in [3.63, 3.8) is 0 Å². The fourth-order valence-electron chi connectivity index (χ4n) is 1.12. The van der Waals surface area contributed by atoms with Crippen molar-refractivity contribution in [2.45, 2.75) is 0 Å². The van der Waals surface area contributed by atoms with Gasteiger partial charge >= 0.3 is 0 Å². The van der Waals surface area contributed by atoms with Crippen LogP contribution in [-0.2, 0) is 7.05 Å². The highest BCUT2D eigenvalue weighted by Gasteiger charge is 2.02. The molecule has 0 aromatic carbocycles. The lowest BCUT2D eigenvalue weighted by Crippen LogP contribution is -1.90. The van der Waals surface area contributed by atoms with Gasteiger partial charge in [0.25, 0.3) is 0 Å². The minimum Gasteiger partial charge on any atom is -0.480 e. The molecule has 0 radical (unpaired) electrons. The van der Waals surface area contributed by atoms with E-state index in [4.69, 9.17) is 4.74 Å². The third-order valence-electron chi connectivity index (χ3n) is 1.84. The van der Waals surface area contributed by atoms with Gasteiger partial charge in [-0.1, -0.05) is 0 Å². The number of aromatic nitrogens is 4. The molecule has 0 unspecified atom stereocenters. The highest BCUT2D eigenvalue weighted by molar-refractivity contribution is 5.55. The minimum absolute atomic E-state index is 0.512. The van der Waals surface area contributed by atoms with E-state index in [9.17, 15) is 0 Å². The van der Waals surface area contributed by atoms with Crippen molar-refractivity contribution >= 4 is 0 Å². The zero-order chi connectivity index (χ0) is 9.97. The zero-order valence-electron chi connectivity index (χ0n) is 8.01. The molecule has 0 aliphatic heterocycles. The van der Waals surface area contributed by atoms with Crippen LogP contribution in [0.1, 0.15) is 0 Å². The molecule has 72 valence electrons. The lowest BCUT2D eigenvalue weighted by Gasteiger charge is -1.98. The second kappa shape index (κ2) is 3.45. The summed E-state index contributed by atoms with van der Waals surface area (Å²) >= 11 is 0. The second-order valence-corrected chi connectivity index (χ2v) is 2.85. The summed E-state index contributed by atoms with van der Waals surface area (Å²) < 4.78 is 6.64. The first-order valence-corrected chi connectivity index (χ1v) is 4.14. The second-order valence-electron chi connectivity index (χ2n) is 2.85. The number of rotatable bonds is 2. The van der Waals surface area contributed by atoms with Gasteiger partial charge in [-0.3, -0.25) is 4.68 Å². The van der Waals surface area contributed by atoms with Crippen molar-refractivity contribution in [1.29, 1.82) is 0 Å². The van der Waals surface area contributed by atoms with Crippen LogP contribution in [-0.4, -0.2) is 26.9 Å². The van der Waals surface area contributed by atoms with Crippen molar-refractivity contribution < 1.29 is 4.74 Å². The van der Waals surface area contributed by atoms with Gasteiger partial charge in [0.05, 0.1) is 31.4 Å². The van der Waals surface area contributed by atoms with Crippen LogP contribution in [0.3, 0.4) is 0 Å². The van der Waals surface area contributed by atoms with E-state index >= 15 is 0 Å². The van der Waals surface area contributed by atoms with Gasteiger partial charge in [0.15, 0.2) is 0 Å². The maximum absolute atomic E-state index is 4.92. The topological polar surface area (TPSA) is 52.8 Å². The Kier molecular flexibility index (Phi) is 2.14. The first-order chi connectivity index (χ1) is 6.79. The van der Waals surface area contributed by atoms with E-state index in [0.29, 0.717) is 5.88 Å². The van der Waals surface area contributed by atoms with Crippen LogP contribution in [0.4, 0.5) is 0 Å². The van der Waals surface area contributed by atoms with Crippen LogP contribution < -0.4 is 4.74 Å². The molecule has 0 N–H and O–H groups in total. The van der Waals surface area contributed by atoms with Crippen LogP contribution in [0, 0.1) is 0 Å². The van der Waals surface area contributed by atoms with Crippen molar-refractivity contribution in [1.82, 2.24) is 19.7 Å². The Morgan fingerprint density at radius 3 is 2.57 bits per heavy atom. The summed E-state index contributed by atoms with van der Waals surface area (Å²) in [6, 6.07) is 0. The summed E-state index contributed by atoms with van der Waals surface area (Å²) in [5.74, 6) is 0.512. The predicted molar refractivity (Wildman–Crippen MR) is 50.8 cm³/mol. The van der Waals surface area contributed by atoms with Crippen LogP contribution in [0.15, 0.2) is 24.8 Å². The Hall–Kier alpha value is -1.91. The van der Waals surface area contributed by atoms with Crippen LogP contribution in [0.5, 0.6) is 5.88 Å². The summed E-state index contributed by atoms with van der Waals surface area (Å²) in [5.41, 5.74) is 1.74. The highest BCUT2D eigenvalue weighted by Crippen LogP contribution is 2.15. The Morgan fingerprint density at radius 1 is 1.21 bits per heavy atom. The maximum atomic E-state index is 4.92. The molecule has 0 fully saturated rings. The van der Waals surface area contributed by atoms with Gasteiger partial charge in [0.1, 0.15) is 0 Å². The number of ether oxygens (including phenoxy) is 1. The van der Waals surface area contributed by atoms with Crippen LogP contribution in [0.2, 0.25) is 0 Å². The van der Waals surface area contributed by atoms with E-state index in [1.165, 1.54) is 0 Å². The van der Waals surface area contributed by atoms with Gasteiger partial charge in [-0.05, 0) is 0 Å². The quantitative estimate of drug-likeness (QED) is 0.705. The lowest BCUT2D eigenvalue weighted by atomic mass is 10.3. The molecule has 2 heterocycles. The Morgan fingerprint density at radius 2 is 2.07 bits per heavy atom. The largest absolute Gasteiger partial charge is 0.480 e. The molecule has 0 aliphatic carbocycles. The van der Waals surface area contributed by atoms with Crippen molar-refractivity contribution in [2.24, 2.45) is 7.05 Å². The van der Waals surface area contributed by atoms with E-state index in [0.717, 1.165) is 11.3 Å².